The van der Waals surface area contributed by atoms with E-state index in [0.29, 0.717) is 23.8 Å². The fourth-order valence-electron chi connectivity index (χ4n) is 4.72. The molecule has 0 aromatic heterocycles. The molecule has 0 bridgehead atoms. The van der Waals surface area contributed by atoms with Gasteiger partial charge in [0.1, 0.15) is 0 Å². The number of aliphatic carboxylic acids is 1. The van der Waals surface area contributed by atoms with E-state index in [4.69, 9.17) is 14.6 Å². The van der Waals surface area contributed by atoms with Gasteiger partial charge in [0, 0.05) is 39.2 Å². The number of hydrogen-bond acceptors (Lipinski definition) is 4. The van der Waals surface area contributed by atoms with Crippen molar-refractivity contribution in [2.24, 2.45) is 5.41 Å². The average molecular weight is 434 g/mol. The number of allylic oxidation sites excluding steroid dienone is 1. The maximum absolute atomic E-state index is 12.6. The summed E-state index contributed by atoms with van der Waals surface area (Å²) in [6.07, 6.45) is 6.27. The molecule has 1 atom stereocenters. The number of ether oxygens (including phenoxy) is 1. The molecular weight excluding hydrogens is 401 g/mol. The third-order valence-electron chi connectivity index (χ3n) is 6.42. The molecular formula is C21H33F3N2O4. The first-order valence-electron chi connectivity index (χ1n) is 10.5. The number of piperidine rings is 1. The molecule has 30 heavy (non-hydrogen) atoms. The first-order chi connectivity index (χ1) is 14.1. The van der Waals surface area contributed by atoms with Crippen LogP contribution in [0.2, 0.25) is 0 Å². The van der Waals surface area contributed by atoms with Gasteiger partial charge in [-0.1, -0.05) is 11.6 Å². The zero-order chi connectivity index (χ0) is 22.4. The maximum Gasteiger partial charge on any atom is 0.490 e. The predicted molar refractivity (Wildman–Crippen MR) is 106 cm³/mol. The lowest BCUT2D eigenvalue weighted by atomic mass is 9.76. The minimum atomic E-state index is -5.08. The molecule has 1 N–H and O–H groups in total. The number of rotatable bonds is 4. The molecule has 1 spiro atoms. The van der Waals surface area contributed by atoms with Crippen molar-refractivity contribution in [3.05, 3.63) is 11.6 Å². The van der Waals surface area contributed by atoms with Crippen LogP contribution in [0.1, 0.15) is 51.4 Å². The van der Waals surface area contributed by atoms with Gasteiger partial charge in [-0.15, -0.1) is 0 Å². The summed E-state index contributed by atoms with van der Waals surface area (Å²) in [4.78, 5) is 26.0. The van der Waals surface area contributed by atoms with Gasteiger partial charge in [0.2, 0.25) is 5.91 Å². The Hall–Kier alpha value is -1.61. The normalized spacial score (nSPS) is 24.2. The Morgan fingerprint density at radius 1 is 1.27 bits per heavy atom. The van der Waals surface area contributed by atoms with Crippen LogP contribution >= 0.6 is 0 Å². The minimum Gasteiger partial charge on any atom is -0.475 e. The summed E-state index contributed by atoms with van der Waals surface area (Å²) in [5.41, 5.74) is 1.79. The zero-order valence-electron chi connectivity index (χ0n) is 17.8. The van der Waals surface area contributed by atoms with E-state index in [1.54, 1.807) is 7.11 Å². The minimum absolute atomic E-state index is 0.354. The van der Waals surface area contributed by atoms with Crippen molar-refractivity contribution in [1.82, 2.24) is 9.80 Å². The van der Waals surface area contributed by atoms with Gasteiger partial charge >= 0.3 is 12.1 Å². The maximum atomic E-state index is 12.6. The van der Waals surface area contributed by atoms with E-state index in [-0.39, 0.29) is 0 Å². The first-order valence-corrected chi connectivity index (χ1v) is 10.5. The summed E-state index contributed by atoms with van der Waals surface area (Å²) in [7, 11) is 4.01. The van der Waals surface area contributed by atoms with Gasteiger partial charge in [0.25, 0.3) is 0 Å². The number of carbonyl (C=O) groups excluding carboxylic acids is 1. The second kappa shape index (κ2) is 10.6. The average Bonchev–Trinajstić information content (AvgIpc) is 2.98. The molecule has 1 amide bonds. The first kappa shape index (κ1) is 24.7. The Morgan fingerprint density at radius 2 is 1.90 bits per heavy atom. The number of likely N-dealkylation sites (tertiary alicyclic amines) is 2. The summed E-state index contributed by atoms with van der Waals surface area (Å²) in [5, 5.41) is 7.12. The van der Waals surface area contributed by atoms with Crippen LogP contribution < -0.4 is 0 Å². The molecule has 0 aromatic carbocycles. The summed E-state index contributed by atoms with van der Waals surface area (Å²) < 4.78 is 37.1. The molecule has 172 valence electrons. The molecule has 0 radical (unpaired) electrons. The van der Waals surface area contributed by atoms with E-state index >= 15 is 0 Å². The number of carboxylic acid groups (broad SMARTS) is 1. The molecule has 2 saturated heterocycles. The molecule has 0 saturated carbocycles. The van der Waals surface area contributed by atoms with Crippen LogP contribution in [0.4, 0.5) is 13.2 Å². The molecule has 3 rings (SSSR count). The van der Waals surface area contributed by atoms with Crippen molar-refractivity contribution in [2.45, 2.75) is 63.6 Å². The molecule has 3 aliphatic rings. The lowest BCUT2D eigenvalue weighted by Crippen LogP contribution is -2.44. The second-order valence-electron chi connectivity index (χ2n) is 8.70. The molecule has 1 aliphatic carbocycles. The lowest BCUT2D eigenvalue weighted by Gasteiger charge is -2.39. The summed E-state index contributed by atoms with van der Waals surface area (Å²) in [6.45, 7) is 3.88. The van der Waals surface area contributed by atoms with Gasteiger partial charge in [-0.2, -0.15) is 13.2 Å². The third-order valence-corrected chi connectivity index (χ3v) is 6.42. The van der Waals surface area contributed by atoms with Gasteiger partial charge < -0.3 is 19.6 Å². The van der Waals surface area contributed by atoms with Gasteiger partial charge in [0.15, 0.2) is 0 Å². The van der Waals surface area contributed by atoms with E-state index in [1.807, 2.05) is 0 Å². The van der Waals surface area contributed by atoms with E-state index in [9.17, 15) is 18.0 Å². The monoisotopic (exact) mass is 434 g/mol. The highest BCUT2D eigenvalue weighted by molar-refractivity contribution is 5.78. The van der Waals surface area contributed by atoms with Crippen LogP contribution in [0.5, 0.6) is 0 Å². The predicted octanol–water partition coefficient (Wildman–Crippen LogP) is 3.47. The highest BCUT2D eigenvalue weighted by Gasteiger charge is 2.44. The van der Waals surface area contributed by atoms with Gasteiger partial charge in [-0.3, -0.25) is 4.79 Å². The number of carbonyl (C=O) groups is 2. The van der Waals surface area contributed by atoms with E-state index < -0.39 is 12.1 Å². The van der Waals surface area contributed by atoms with Crippen LogP contribution in [-0.2, 0) is 14.3 Å². The van der Waals surface area contributed by atoms with Gasteiger partial charge in [-0.25, -0.2) is 4.79 Å². The van der Waals surface area contributed by atoms with Crippen molar-refractivity contribution >= 4 is 11.9 Å². The quantitative estimate of drug-likeness (QED) is 0.686. The number of likely N-dealkylation sites (N-methyl/N-ethyl adjacent to an activating group) is 1. The molecule has 2 heterocycles. The van der Waals surface area contributed by atoms with Crippen molar-refractivity contribution in [2.75, 3.05) is 40.4 Å². The molecule has 1 unspecified atom stereocenters. The number of amides is 1. The van der Waals surface area contributed by atoms with Crippen LogP contribution in [0.25, 0.3) is 0 Å². The number of halogens is 3. The summed E-state index contributed by atoms with van der Waals surface area (Å²) in [6, 6.07) is 0.551. The Kier molecular flexibility index (Phi) is 8.73. The lowest BCUT2D eigenvalue weighted by molar-refractivity contribution is -0.192. The highest BCUT2D eigenvalue weighted by Crippen LogP contribution is 2.43. The van der Waals surface area contributed by atoms with Crippen LogP contribution in [-0.4, -0.2) is 79.4 Å². The largest absolute Gasteiger partial charge is 0.490 e. The number of carboxylic acids is 1. The Balaban J connectivity index is 0.000000396. The Morgan fingerprint density at radius 3 is 2.40 bits per heavy atom. The Bertz CT molecular complexity index is 628. The Labute approximate surface area is 176 Å². The molecule has 9 heteroatoms. The van der Waals surface area contributed by atoms with Gasteiger partial charge in [0.05, 0.1) is 6.61 Å². The standard InChI is InChI=1S/C19H32N2O2.C2HF3O2/c1-20-15-19(13-17(20)14-23-2)8-10-21(11-9-19)18(22)12-16-6-4-3-5-7-16;3-2(4,5)1(6)7/h6,17H,3-5,7-15H2,1-2H3;(H,6,7). The number of hydrogen-bond donors (Lipinski definition) is 1. The topological polar surface area (TPSA) is 70.1 Å². The summed E-state index contributed by atoms with van der Waals surface area (Å²) >= 11 is 0. The van der Waals surface area contributed by atoms with E-state index in [1.165, 1.54) is 31.3 Å². The van der Waals surface area contributed by atoms with Crippen LogP contribution in [0.15, 0.2) is 11.6 Å². The molecule has 2 fully saturated rings. The zero-order valence-corrected chi connectivity index (χ0v) is 17.8. The van der Waals surface area contributed by atoms with Crippen LogP contribution in [0, 0.1) is 5.41 Å². The third kappa shape index (κ3) is 6.97. The van der Waals surface area contributed by atoms with E-state index in [2.05, 4.69) is 22.9 Å². The second-order valence-corrected chi connectivity index (χ2v) is 8.70. The number of nitrogens with zero attached hydrogens (tertiary/aromatic N) is 2. The summed E-state index contributed by atoms with van der Waals surface area (Å²) in [5.74, 6) is -2.40. The SMILES string of the molecule is COCC1CC2(CCN(C(=O)CC3=CCCCC3)CC2)CN1C.O=C(O)C(F)(F)F. The smallest absolute Gasteiger partial charge is 0.475 e. The molecule has 2 aliphatic heterocycles. The van der Waals surface area contributed by atoms with Crippen LogP contribution in [0.3, 0.4) is 0 Å². The number of methoxy groups -OCH3 is 1. The molecule has 6 nitrogen and oxygen atoms in total. The highest BCUT2D eigenvalue weighted by atomic mass is 19.4. The van der Waals surface area contributed by atoms with E-state index in [0.717, 1.165) is 45.5 Å². The fourth-order valence-corrected chi connectivity index (χ4v) is 4.72. The van der Waals surface area contributed by atoms with Crippen molar-refractivity contribution in [1.29, 1.82) is 0 Å². The van der Waals surface area contributed by atoms with Crippen molar-refractivity contribution in [3.8, 4) is 0 Å². The fraction of sp³-hybridized carbons (Fsp3) is 0.810. The van der Waals surface area contributed by atoms with Crippen molar-refractivity contribution < 1.29 is 32.6 Å². The molecule has 0 aromatic rings. The van der Waals surface area contributed by atoms with Crippen molar-refractivity contribution in [3.63, 3.8) is 0 Å². The van der Waals surface area contributed by atoms with Gasteiger partial charge in [-0.05, 0) is 57.4 Å². The number of alkyl halides is 3.